The molecule has 0 unspecified atom stereocenters. The smallest absolute Gasteiger partial charge is 0.191 e. The molecule has 2 N–H and O–H groups in total. The van der Waals surface area contributed by atoms with Crippen molar-refractivity contribution in [2.45, 2.75) is 19.6 Å². The second-order valence-electron chi connectivity index (χ2n) is 6.67. The predicted molar refractivity (Wildman–Crippen MR) is 129 cm³/mol. The molecule has 2 aromatic carbocycles. The lowest BCUT2D eigenvalue weighted by Crippen LogP contribution is -2.37. The topological polar surface area (TPSA) is 48.9 Å². The van der Waals surface area contributed by atoms with E-state index in [1.54, 1.807) is 13.1 Å². The number of morpholine rings is 1. The SMILES string of the molecule is CN=C(NCc1cc(F)ccc1Br)NCc1ccccc1CN1CCOCC1.I. The first-order chi connectivity index (χ1) is 13.7. The van der Waals surface area contributed by atoms with Crippen molar-refractivity contribution in [3.8, 4) is 0 Å². The fraction of sp³-hybridized carbons (Fsp3) is 0.381. The maximum absolute atomic E-state index is 13.5. The standard InChI is InChI=1S/C21H26BrFN4O.HI/c1-24-21(26-14-18-12-19(23)6-7-20(18)22)25-13-16-4-2-3-5-17(16)15-27-8-10-28-11-9-27;/h2-7,12H,8-11,13-15H2,1H3,(H2,24,25,26);1H. The van der Waals surface area contributed by atoms with Crippen LogP contribution in [0.3, 0.4) is 0 Å². The highest BCUT2D eigenvalue weighted by Gasteiger charge is 2.13. The molecule has 0 atom stereocenters. The summed E-state index contributed by atoms with van der Waals surface area (Å²) in [5.74, 6) is 0.428. The average molecular weight is 577 g/mol. The third-order valence-electron chi connectivity index (χ3n) is 4.74. The summed E-state index contributed by atoms with van der Waals surface area (Å²) < 4.78 is 19.8. The van der Waals surface area contributed by atoms with Crippen LogP contribution in [0.1, 0.15) is 16.7 Å². The van der Waals surface area contributed by atoms with Crippen LogP contribution in [0.5, 0.6) is 0 Å². The number of hydrogen-bond acceptors (Lipinski definition) is 3. The fourth-order valence-electron chi connectivity index (χ4n) is 3.14. The number of ether oxygens (including phenoxy) is 1. The largest absolute Gasteiger partial charge is 0.379 e. The van der Waals surface area contributed by atoms with Gasteiger partial charge in [0.15, 0.2) is 5.96 Å². The van der Waals surface area contributed by atoms with Crippen LogP contribution in [-0.4, -0.2) is 44.2 Å². The number of nitrogens with zero attached hydrogens (tertiary/aromatic N) is 2. The molecular weight excluding hydrogens is 550 g/mol. The van der Waals surface area contributed by atoms with E-state index >= 15 is 0 Å². The van der Waals surface area contributed by atoms with Gasteiger partial charge in [-0.2, -0.15) is 0 Å². The third kappa shape index (κ3) is 7.51. The summed E-state index contributed by atoms with van der Waals surface area (Å²) >= 11 is 3.45. The zero-order valence-corrected chi connectivity index (χ0v) is 20.4. The van der Waals surface area contributed by atoms with Crippen LogP contribution in [0.25, 0.3) is 0 Å². The van der Waals surface area contributed by atoms with Crippen molar-refractivity contribution < 1.29 is 9.13 Å². The lowest BCUT2D eigenvalue weighted by molar-refractivity contribution is 0.0341. The van der Waals surface area contributed by atoms with Crippen molar-refractivity contribution in [1.29, 1.82) is 0 Å². The quantitative estimate of drug-likeness (QED) is 0.311. The van der Waals surface area contributed by atoms with Crippen LogP contribution in [0, 0.1) is 5.82 Å². The van der Waals surface area contributed by atoms with E-state index in [1.807, 2.05) is 0 Å². The van der Waals surface area contributed by atoms with Crippen molar-refractivity contribution in [2.24, 2.45) is 4.99 Å². The molecule has 3 rings (SSSR count). The van der Waals surface area contributed by atoms with Crippen LogP contribution in [-0.2, 0) is 24.4 Å². The maximum atomic E-state index is 13.5. The number of aliphatic imine (C=N–C) groups is 1. The Morgan fingerprint density at radius 3 is 2.41 bits per heavy atom. The Kier molecular flexibility index (Phi) is 10.3. The highest BCUT2D eigenvalue weighted by molar-refractivity contribution is 14.0. The predicted octanol–water partition coefficient (Wildman–Crippen LogP) is 3.90. The Labute approximate surface area is 197 Å². The summed E-state index contributed by atoms with van der Waals surface area (Å²) in [6.45, 7) is 5.60. The minimum Gasteiger partial charge on any atom is -0.379 e. The summed E-state index contributed by atoms with van der Waals surface area (Å²) in [4.78, 5) is 6.69. The van der Waals surface area contributed by atoms with E-state index in [0.29, 0.717) is 19.0 Å². The van der Waals surface area contributed by atoms with Crippen molar-refractivity contribution in [1.82, 2.24) is 15.5 Å². The first-order valence-corrected chi connectivity index (χ1v) is 10.2. The Bertz CT molecular complexity index is 815. The van der Waals surface area contributed by atoms with E-state index in [2.05, 4.69) is 60.7 Å². The van der Waals surface area contributed by atoms with Gasteiger partial charge in [-0.25, -0.2) is 4.39 Å². The molecule has 0 saturated carbocycles. The highest BCUT2D eigenvalue weighted by atomic mass is 127. The average Bonchev–Trinajstić information content (AvgIpc) is 2.72. The molecule has 1 aliphatic rings. The Balaban J connectivity index is 0.00000300. The first kappa shape index (κ1) is 24.0. The Morgan fingerprint density at radius 1 is 1.07 bits per heavy atom. The zero-order chi connectivity index (χ0) is 19.8. The number of hydrogen-bond donors (Lipinski definition) is 2. The summed E-state index contributed by atoms with van der Waals surface area (Å²) in [6, 6.07) is 13.1. The Hall–Kier alpha value is -1.23. The van der Waals surface area contributed by atoms with E-state index < -0.39 is 0 Å². The molecule has 2 aromatic rings. The molecule has 29 heavy (non-hydrogen) atoms. The van der Waals surface area contributed by atoms with E-state index in [1.165, 1.54) is 23.3 Å². The Morgan fingerprint density at radius 2 is 1.72 bits per heavy atom. The third-order valence-corrected chi connectivity index (χ3v) is 5.51. The number of halogens is 3. The number of benzene rings is 2. The molecule has 158 valence electrons. The molecule has 5 nitrogen and oxygen atoms in total. The van der Waals surface area contributed by atoms with Gasteiger partial charge in [0.2, 0.25) is 0 Å². The first-order valence-electron chi connectivity index (χ1n) is 9.41. The van der Waals surface area contributed by atoms with Gasteiger partial charge in [0.1, 0.15) is 5.82 Å². The lowest BCUT2D eigenvalue weighted by Gasteiger charge is -2.27. The minimum atomic E-state index is -0.250. The van der Waals surface area contributed by atoms with E-state index in [9.17, 15) is 4.39 Å². The van der Waals surface area contributed by atoms with Crippen LogP contribution >= 0.6 is 39.9 Å². The van der Waals surface area contributed by atoms with Crippen LogP contribution in [0.2, 0.25) is 0 Å². The van der Waals surface area contributed by atoms with Crippen LogP contribution in [0.15, 0.2) is 51.9 Å². The summed E-state index contributed by atoms with van der Waals surface area (Å²) in [6.07, 6.45) is 0. The molecular formula is C21H27BrFIN4O. The molecule has 1 aliphatic heterocycles. The van der Waals surface area contributed by atoms with E-state index in [4.69, 9.17) is 4.74 Å². The molecule has 8 heteroatoms. The van der Waals surface area contributed by atoms with Gasteiger partial charge >= 0.3 is 0 Å². The maximum Gasteiger partial charge on any atom is 0.191 e. The van der Waals surface area contributed by atoms with Gasteiger partial charge in [-0.05, 0) is 34.9 Å². The summed E-state index contributed by atoms with van der Waals surface area (Å²) in [7, 11) is 1.73. The lowest BCUT2D eigenvalue weighted by atomic mass is 10.1. The van der Waals surface area contributed by atoms with Gasteiger partial charge in [-0.15, -0.1) is 24.0 Å². The second kappa shape index (κ2) is 12.5. The number of guanidine groups is 1. The molecule has 0 spiro atoms. The van der Waals surface area contributed by atoms with Gasteiger partial charge < -0.3 is 15.4 Å². The monoisotopic (exact) mass is 576 g/mol. The highest BCUT2D eigenvalue weighted by Crippen LogP contribution is 2.17. The summed E-state index contributed by atoms with van der Waals surface area (Å²) in [5, 5.41) is 6.59. The van der Waals surface area contributed by atoms with Gasteiger partial charge in [0, 0.05) is 44.2 Å². The van der Waals surface area contributed by atoms with Gasteiger partial charge in [0.25, 0.3) is 0 Å². The zero-order valence-electron chi connectivity index (χ0n) is 16.5. The van der Waals surface area contributed by atoms with Crippen molar-refractivity contribution >= 4 is 45.9 Å². The van der Waals surface area contributed by atoms with Crippen molar-refractivity contribution in [2.75, 3.05) is 33.4 Å². The minimum absolute atomic E-state index is 0. The molecule has 1 heterocycles. The van der Waals surface area contributed by atoms with Gasteiger partial charge in [-0.1, -0.05) is 40.2 Å². The molecule has 1 fully saturated rings. The van der Waals surface area contributed by atoms with Crippen molar-refractivity contribution in [3.63, 3.8) is 0 Å². The van der Waals surface area contributed by atoms with Gasteiger partial charge in [0.05, 0.1) is 13.2 Å². The van der Waals surface area contributed by atoms with Crippen LogP contribution < -0.4 is 10.6 Å². The number of nitrogens with one attached hydrogen (secondary N) is 2. The molecule has 0 aliphatic carbocycles. The molecule has 0 aromatic heterocycles. The number of rotatable bonds is 6. The summed E-state index contributed by atoms with van der Waals surface area (Å²) in [5.41, 5.74) is 3.39. The van der Waals surface area contributed by atoms with Gasteiger partial charge in [-0.3, -0.25) is 9.89 Å². The molecule has 0 bridgehead atoms. The second-order valence-corrected chi connectivity index (χ2v) is 7.53. The van der Waals surface area contributed by atoms with E-state index in [0.717, 1.165) is 42.9 Å². The van der Waals surface area contributed by atoms with Crippen molar-refractivity contribution in [3.05, 3.63) is 69.4 Å². The fourth-order valence-corrected chi connectivity index (χ4v) is 3.53. The molecule has 1 saturated heterocycles. The normalized spacial score (nSPS) is 14.9. The molecule has 0 amide bonds. The van der Waals surface area contributed by atoms with E-state index in [-0.39, 0.29) is 29.8 Å². The molecule has 0 radical (unpaired) electrons. The van der Waals surface area contributed by atoms with Crippen LogP contribution in [0.4, 0.5) is 4.39 Å².